The summed E-state index contributed by atoms with van der Waals surface area (Å²) < 4.78 is 0. The highest BCUT2D eigenvalue weighted by atomic mass is 16.3. The highest BCUT2D eigenvalue weighted by Crippen LogP contribution is 2.36. The van der Waals surface area contributed by atoms with Crippen LogP contribution in [0.15, 0.2) is 24.3 Å². The van der Waals surface area contributed by atoms with E-state index in [4.69, 9.17) is 0 Å². The van der Waals surface area contributed by atoms with Crippen LogP contribution in [0.5, 0.6) is 11.5 Å². The van der Waals surface area contributed by atoms with Gasteiger partial charge in [-0.25, -0.2) is 0 Å². The van der Waals surface area contributed by atoms with Gasteiger partial charge in [-0.3, -0.25) is 0 Å². The molecule has 152 valence electrons. The molecule has 4 rings (SSSR count). The molecule has 4 nitrogen and oxygen atoms in total. The third-order valence-corrected chi connectivity index (χ3v) is 7.16. The van der Waals surface area contributed by atoms with Crippen LogP contribution < -0.4 is 10.6 Å². The fourth-order valence-electron chi connectivity index (χ4n) is 5.19. The number of fused-ring (bicyclic) bond motifs is 1. The highest BCUT2D eigenvalue weighted by molar-refractivity contribution is 5.93. The molecule has 0 aliphatic heterocycles. The summed E-state index contributed by atoms with van der Waals surface area (Å²) in [6, 6.07) is 8.67. The number of benzene rings is 2. The molecule has 2 saturated carbocycles. The molecule has 2 aromatic carbocycles. The lowest BCUT2D eigenvalue weighted by atomic mass is 9.98. The van der Waals surface area contributed by atoms with Crippen LogP contribution >= 0.6 is 0 Å². The highest BCUT2D eigenvalue weighted by Gasteiger charge is 2.24. The molecule has 0 spiro atoms. The van der Waals surface area contributed by atoms with Crippen molar-refractivity contribution >= 4 is 10.8 Å². The van der Waals surface area contributed by atoms with Gasteiger partial charge in [-0.2, -0.15) is 0 Å². The molecule has 0 radical (unpaired) electrons. The zero-order valence-electron chi connectivity index (χ0n) is 17.2. The van der Waals surface area contributed by atoms with Crippen molar-refractivity contribution < 1.29 is 10.2 Å². The zero-order chi connectivity index (χ0) is 19.7. The lowest BCUT2D eigenvalue weighted by Crippen LogP contribution is -2.30. The van der Waals surface area contributed by atoms with E-state index in [1.54, 1.807) is 6.07 Å². The molecule has 0 unspecified atom stereocenters. The van der Waals surface area contributed by atoms with Gasteiger partial charge in [0.2, 0.25) is 0 Å². The van der Waals surface area contributed by atoms with Crippen LogP contribution in [-0.2, 0) is 13.1 Å². The maximum Gasteiger partial charge on any atom is 0.127 e. The van der Waals surface area contributed by atoms with E-state index in [-0.39, 0.29) is 0 Å². The molecule has 4 heteroatoms. The normalized spacial score (nSPS) is 27.6. The van der Waals surface area contributed by atoms with Crippen molar-refractivity contribution in [3.63, 3.8) is 0 Å². The Kier molecular flexibility index (Phi) is 5.79. The first-order chi connectivity index (χ1) is 13.5. The summed E-state index contributed by atoms with van der Waals surface area (Å²) in [5.74, 6) is 2.03. The zero-order valence-corrected chi connectivity index (χ0v) is 17.2. The molecule has 0 heterocycles. The Morgan fingerprint density at radius 2 is 1.39 bits per heavy atom. The van der Waals surface area contributed by atoms with Crippen LogP contribution in [0.25, 0.3) is 10.8 Å². The van der Waals surface area contributed by atoms with E-state index in [0.717, 1.165) is 21.9 Å². The third kappa shape index (κ3) is 3.85. The van der Waals surface area contributed by atoms with Crippen LogP contribution in [0, 0.1) is 11.8 Å². The first-order valence-electron chi connectivity index (χ1n) is 11.0. The number of phenols is 2. The lowest BCUT2D eigenvalue weighted by molar-refractivity contribution is 0.415. The smallest absolute Gasteiger partial charge is 0.127 e. The predicted octanol–water partition coefficient (Wildman–Crippen LogP) is 4.81. The quantitative estimate of drug-likeness (QED) is 0.579. The SMILES string of the molecule is C[C@@H]1CCC[C@H]1NCc1ccc2c(CN[C@@H]3CCC[C@H]3C)c(O)ccc2c1O. The third-order valence-electron chi connectivity index (χ3n) is 7.16. The van der Waals surface area contributed by atoms with Gasteiger partial charge in [0.1, 0.15) is 11.5 Å². The monoisotopic (exact) mass is 382 g/mol. The minimum Gasteiger partial charge on any atom is -0.508 e. The van der Waals surface area contributed by atoms with Gasteiger partial charge in [-0.05, 0) is 55.0 Å². The van der Waals surface area contributed by atoms with E-state index in [1.807, 2.05) is 12.1 Å². The predicted molar refractivity (Wildman–Crippen MR) is 115 cm³/mol. The summed E-state index contributed by atoms with van der Waals surface area (Å²) in [6.07, 6.45) is 7.55. The standard InChI is InChI=1S/C24H34N2O2/c1-15-5-3-7-21(15)25-13-17-9-10-18-19(24(17)28)11-12-23(27)20(18)14-26-22-8-4-6-16(22)2/h9-12,15-16,21-22,25-28H,3-8,13-14H2,1-2H3/t15-,16-,21-,22-/m1/s1. The molecule has 0 amide bonds. The van der Waals surface area contributed by atoms with E-state index >= 15 is 0 Å². The van der Waals surface area contributed by atoms with Crippen LogP contribution in [-0.4, -0.2) is 22.3 Å². The van der Waals surface area contributed by atoms with Crippen molar-refractivity contribution in [2.24, 2.45) is 11.8 Å². The fourth-order valence-corrected chi connectivity index (χ4v) is 5.19. The van der Waals surface area contributed by atoms with Gasteiger partial charge in [0, 0.05) is 41.7 Å². The second-order valence-corrected chi connectivity index (χ2v) is 9.02. The molecular weight excluding hydrogens is 348 g/mol. The maximum absolute atomic E-state index is 10.9. The topological polar surface area (TPSA) is 64.5 Å². The number of aromatic hydroxyl groups is 2. The van der Waals surface area contributed by atoms with E-state index in [9.17, 15) is 10.2 Å². The molecule has 2 aliphatic rings. The van der Waals surface area contributed by atoms with E-state index < -0.39 is 0 Å². The van der Waals surface area contributed by atoms with Crippen LogP contribution in [0.4, 0.5) is 0 Å². The van der Waals surface area contributed by atoms with Crippen LogP contribution in [0.2, 0.25) is 0 Å². The summed E-state index contributed by atoms with van der Waals surface area (Å²) in [6.45, 7) is 5.92. The molecule has 2 aromatic rings. The minimum atomic E-state index is 0.302. The number of phenolic OH excluding ortho intramolecular Hbond substituents is 2. The van der Waals surface area contributed by atoms with Crippen LogP contribution in [0.1, 0.15) is 63.5 Å². The van der Waals surface area contributed by atoms with Gasteiger partial charge in [-0.1, -0.05) is 38.8 Å². The molecule has 0 saturated heterocycles. The fraction of sp³-hybridized carbons (Fsp3) is 0.583. The summed E-state index contributed by atoms with van der Waals surface area (Å²) >= 11 is 0. The summed E-state index contributed by atoms with van der Waals surface area (Å²) in [5.41, 5.74) is 1.82. The number of rotatable bonds is 6. The van der Waals surface area contributed by atoms with Crippen molar-refractivity contribution in [2.45, 2.75) is 77.5 Å². The van der Waals surface area contributed by atoms with Gasteiger partial charge < -0.3 is 20.8 Å². The molecule has 28 heavy (non-hydrogen) atoms. The second kappa shape index (κ2) is 8.30. The first kappa shape index (κ1) is 19.5. The average Bonchev–Trinajstić information content (AvgIpc) is 3.28. The Bertz CT molecular complexity index is 835. The van der Waals surface area contributed by atoms with Crippen molar-refractivity contribution in [2.75, 3.05) is 0 Å². The second-order valence-electron chi connectivity index (χ2n) is 9.02. The van der Waals surface area contributed by atoms with Gasteiger partial charge in [0.25, 0.3) is 0 Å². The Morgan fingerprint density at radius 1 is 0.786 bits per heavy atom. The molecule has 0 aromatic heterocycles. The minimum absolute atomic E-state index is 0.302. The average molecular weight is 383 g/mol. The number of nitrogens with one attached hydrogen (secondary N) is 2. The number of hydrogen-bond donors (Lipinski definition) is 4. The first-order valence-corrected chi connectivity index (χ1v) is 11.0. The van der Waals surface area contributed by atoms with E-state index in [1.165, 1.54) is 38.5 Å². The number of hydrogen-bond acceptors (Lipinski definition) is 4. The van der Waals surface area contributed by atoms with Gasteiger partial charge >= 0.3 is 0 Å². The molecule has 4 atom stereocenters. The Morgan fingerprint density at radius 3 is 2.00 bits per heavy atom. The largest absolute Gasteiger partial charge is 0.508 e. The maximum atomic E-state index is 10.9. The van der Waals surface area contributed by atoms with Gasteiger partial charge in [0.05, 0.1) is 0 Å². The van der Waals surface area contributed by atoms with Crippen molar-refractivity contribution in [3.05, 3.63) is 35.4 Å². The van der Waals surface area contributed by atoms with Crippen molar-refractivity contribution in [3.8, 4) is 11.5 Å². The van der Waals surface area contributed by atoms with E-state index in [0.29, 0.717) is 48.5 Å². The van der Waals surface area contributed by atoms with Crippen molar-refractivity contribution in [1.82, 2.24) is 10.6 Å². The summed E-state index contributed by atoms with van der Waals surface area (Å²) in [5, 5.41) is 30.4. The Balaban J connectivity index is 1.54. The summed E-state index contributed by atoms with van der Waals surface area (Å²) in [7, 11) is 0. The van der Waals surface area contributed by atoms with Crippen LogP contribution in [0.3, 0.4) is 0 Å². The molecular formula is C24H34N2O2. The molecule has 2 fully saturated rings. The van der Waals surface area contributed by atoms with Crippen molar-refractivity contribution in [1.29, 1.82) is 0 Å². The molecule has 0 bridgehead atoms. The van der Waals surface area contributed by atoms with Gasteiger partial charge in [0.15, 0.2) is 0 Å². The molecule has 2 aliphatic carbocycles. The summed E-state index contributed by atoms with van der Waals surface area (Å²) in [4.78, 5) is 0. The molecule has 4 N–H and O–H groups in total. The van der Waals surface area contributed by atoms with Gasteiger partial charge in [-0.15, -0.1) is 0 Å². The van der Waals surface area contributed by atoms with E-state index in [2.05, 4.69) is 30.5 Å². The Hall–Kier alpha value is -1.78. The Labute approximate surface area is 168 Å². The lowest BCUT2D eigenvalue weighted by Gasteiger charge is -2.20.